The second kappa shape index (κ2) is 8.37. The van der Waals surface area contributed by atoms with Crippen molar-refractivity contribution < 1.29 is 21.9 Å². The van der Waals surface area contributed by atoms with E-state index in [-0.39, 0.29) is 31.9 Å². The van der Waals surface area contributed by atoms with E-state index in [1.165, 1.54) is 36.5 Å². The van der Waals surface area contributed by atoms with Gasteiger partial charge in [-0.15, -0.1) is 0 Å². The molecule has 6 nitrogen and oxygen atoms in total. The first kappa shape index (κ1) is 22.3. The molecule has 5 aromatic rings. The van der Waals surface area contributed by atoms with Crippen LogP contribution in [0.15, 0.2) is 82.4 Å². The predicted molar refractivity (Wildman–Crippen MR) is 127 cm³/mol. The Morgan fingerprint density at radius 3 is 2.47 bits per heavy atom. The summed E-state index contributed by atoms with van der Waals surface area (Å²) in [5.41, 5.74) is 1.62. The Hall–Kier alpha value is -3.50. The number of rotatable bonds is 5. The highest BCUT2D eigenvalue weighted by Crippen LogP contribution is 2.40. The number of aromatic nitrogens is 3. The van der Waals surface area contributed by atoms with Gasteiger partial charge in [-0.25, -0.2) is 21.2 Å². The zero-order valence-corrected chi connectivity index (χ0v) is 20.0. The maximum Gasteiger partial charge on any atom is 0.268 e. The number of nitrogens with one attached hydrogen (secondary N) is 1. The Morgan fingerprint density at radius 2 is 1.76 bits per heavy atom. The van der Waals surface area contributed by atoms with Crippen LogP contribution in [0.1, 0.15) is 5.56 Å². The third-order valence-electron chi connectivity index (χ3n) is 5.32. The number of aryl methyl sites for hydroxylation is 1. The molecule has 2 aromatic heterocycles. The molecule has 5 rings (SSSR count). The van der Waals surface area contributed by atoms with Gasteiger partial charge in [-0.1, -0.05) is 17.7 Å². The quantitative estimate of drug-likeness (QED) is 0.278. The largest absolute Gasteiger partial charge is 0.453 e. The molecule has 1 N–H and O–H groups in total. The summed E-state index contributed by atoms with van der Waals surface area (Å²) < 4.78 is 62.7. The molecule has 0 unspecified atom stereocenters. The molecule has 0 radical (unpaired) electrons. The molecule has 0 saturated carbocycles. The number of halogens is 3. The molecular weight excluding hydrogens is 528 g/mol. The highest BCUT2D eigenvalue weighted by Gasteiger charge is 2.23. The highest BCUT2D eigenvalue weighted by atomic mass is 79.9. The Bertz CT molecular complexity index is 1630. The third kappa shape index (κ3) is 3.78. The van der Waals surface area contributed by atoms with Crippen molar-refractivity contribution in [1.29, 1.82) is 0 Å². The first-order valence-electron chi connectivity index (χ1n) is 10.0. The molecule has 34 heavy (non-hydrogen) atoms. The van der Waals surface area contributed by atoms with Crippen LogP contribution in [0.2, 0.25) is 0 Å². The molecule has 0 aliphatic carbocycles. The van der Waals surface area contributed by atoms with E-state index in [0.717, 1.165) is 15.6 Å². The second-order valence-electron chi connectivity index (χ2n) is 7.57. The minimum absolute atomic E-state index is 0.0877. The molecule has 0 aliphatic rings. The monoisotopic (exact) mass is 543 g/mol. The van der Waals surface area contributed by atoms with E-state index in [1.807, 2.05) is 6.92 Å². The van der Waals surface area contributed by atoms with E-state index in [2.05, 4.69) is 26.1 Å². The van der Waals surface area contributed by atoms with Gasteiger partial charge in [0.25, 0.3) is 10.0 Å². The lowest BCUT2D eigenvalue weighted by Crippen LogP contribution is -2.12. The lowest BCUT2D eigenvalue weighted by Gasteiger charge is -2.13. The molecule has 0 atom stereocenters. The summed E-state index contributed by atoms with van der Waals surface area (Å²) in [6, 6.07) is 14.6. The van der Waals surface area contributed by atoms with Crippen LogP contribution >= 0.6 is 15.9 Å². The number of fused-ring (bicyclic) bond motifs is 1. The van der Waals surface area contributed by atoms with Gasteiger partial charge in [0.15, 0.2) is 11.6 Å². The fourth-order valence-corrected chi connectivity index (χ4v) is 5.53. The first-order chi connectivity index (χ1) is 16.3. The molecule has 172 valence electrons. The Balaban J connectivity index is 1.57. The average molecular weight is 544 g/mol. The van der Waals surface area contributed by atoms with Crippen LogP contribution in [0.25, 0.3) is 22.2 Å². The van der Waals surface area contributed by atoms with Gasteiger partial charge < -0.3 is 4.74 Å². The molecule has 0 aliphatic heterocycles. The number of aromatic amines is 1. The summed E-state index contributed by atoms with van der Waals surface area (Å²) >= 11 is 3.34. The first-order valence-corrected chi connectivity index (χ1v) is 12.3. The van der Waals surface area contributed by atoms with E-state index in [1.54, 1.807) is 30.5 Å². The predicted octanol–water partition coefficient (Wildman–Crippen LogP) is 6.41. The van der Waals surface area contributed by atoms with Crippen molar-refractivity contribution in [2.45, 2.75) is 11.8 Å². The SMILES string of the molecule is Cc1ccc(S(=O)(=O)n2ccc3c(Br)c(Oc4ccc(F)c(-c5cc[nH]n5)c4)c(F)cc32)cc1. The molecule has 10 heteroatoms. The van der Waals surface area contributed by atoms with Crippen molar-refractivity contribution in [3.63, 3.8) is 0 Å². The average Bonchev–Trinajstić information content (AvgIpc) is 3.48. The van der Waals surface area contributed by atoms with Crippen molar-refractivity contribution in [2.24, 2.45) is 0 Å². The van der Waals surface area contributed by atoms with Crippen LogP contribution in [0.5, 0.6) is 11.5 Å². The second-order valence-corrected chi connectivity index (χ2v) is 10.2. The Labute approximate surface area is 202 Å². The van der Waals surface area contributed by atoms with Crippen LogP contribution in [0, 0.1) is 18.6 Å². The minimum atomic E-state index is -3.94. The van der Waals surface area contributed by atoms with E-state index >= 15 is 4.39 Å². The zero-order chi connectivity index (χ0) is 24.0. The maximum absolute atomic E-state index is 15.2. The van der Waals surface area contributed by atoms with E-state index < -0.39 is 21.7 Å². The van der Waals surface area contributed by atoms with Gasteiger partial charge >= 0.3 is 0 Å². The van der Waals surface area contributed by atoms with Gasteiger partial charge in [0.1, 0.15) is 11.6 Å². The van der Waals surface area contributed by atoms with E-state index in [0.29, 0.717) is 11.1 Å². The van der Waals surface area contributed by atoms with Crippen LogP contribution in [0.3, 0.4) is 0 Å². The summed E-state index contributed by atoms with van der Waals surface area (Å²) in [6.45, 7) is 1.86. The van der Waals surface area contributed by atoms with E-state index in [9.17, 15) is 12.8 Å². The minimum Gasteiger partial charge on any atom is -0.453 e. The lowest BCUT2D eigenvalue weighted by atomic mass is 10.1. The molecule has 0 amide bonds. The van der Waals surface area contributed by atoms with Crippen molar-refractivity contribution >= 4 is 36.9 Å². The maximum atomic E-state index is 15.2. The van der Waals surface area contributed by atoms with Gasteiger partial charge in [-0.3, -0.25) is 5.10 Å². The molecule has 0 spiro atoms. The number of hydrogen-bond donors (Lipinski definition) is 1. The Kier molecular flexibility index (Phi) is 5.49. The van der Waals surface area contributed by atoms with E-state index in [4.69, 9.17) is 4.74 Å². The number of benzene rings is 3. The lowest BCUT2D eigenvalue weighted by molar-refractivity contribution is 0.439. The summed E-state index contributed by atoms with van der Waals surface area (Å²) in [4.78, 5) is 0.0877. The Morgan fingerprint density at radius 1 is 1.00 bits per heavy atom. The summed E-state index contributed by atoms with van der Waals surface area (Å²) in [6.07, 6.45) is 2.92. The van der Waals surface area contributed by atoms with Crippen LogP contribution in [-0.4, -0.2) is 22.6 Å². The van der Waals surface area contributed by atoms with Crippen molar-refractivity contribution in [2.75, 3.05) is 0 Å². The van der Waals surface area contributed by atoms with Gasteiger partial charge in [0.2, 0.25) is 0 Å². The topological polar surface area (TPSA) is 77.0 Å². The van der Waals surface area contributed by atoms with Gasteiger partial charge in [-0.2, -0.15) is 5.10 Å². The number of hydrogen-bond acceptors (Lipinski definition) is 4. The standard InChI is InChI=1S/C24H16BrF2N3O3S/c1-14-2-5-16(6-3-14)34(31,32)30-11-9-17-22(30)13-20(27)24(23(17)25)33-15-4-7-19(26)18(12-15)21-8-10-28-29-21/h2-13H,1H3,(H,28,29). The molecule has 0 fully saturated rings. The van der Waals surface area contributed by atoms with Crippen LogP contribution < -0.4 is 4.74 Å². The number of ether oxygens (including phenoxy) is 1. The molecule has 0 bridgehead atoms. The summed E-state index contributed by atoms with van der Waals surface area (Å²) in [5, 5.41) is 7.01. The van der Waals surface area contributed by atoms with Crippen LogP contribution in [0.4, 0.5) is 8.78 Å². The smallest absolute Gasteiger partial charge is 0.268 e. The number of nitrogens with zero attached hydrogens (tertiary/aromatic N) is 2. The summed E-state index contributed by atoms with van der Waals surface area (Å²) in [7, 11) is -3.94. The molecule has 2 heterocycles. The molecule has 0 saturated heterocycles. The number of H-pyrrole nitrogens is 1. The zero-order valence-electron chi connectivity index (χ0n) is 17.6. The summed E-state index contributed by atoms with van der Waals surface area (Å²) in [5.74, 6) is -1.26. The molecular formula is C24H16BrF2N3O3S. The van der Waals surface area contributed by atoms with Gasteiger partial charge in [0, 0.05) is 29.4 Å². The normalized spacial score (nSPS) is 11.8. The third-order valence-corrected chi connectivity index (χ3v) is 7.81. The van der Waals surface area contributed by atoms with Crippen molar-refractivity contribution in [1.82, 2.24) is 14.2 Å². The highest BCUT2D eigenvalue weighted by molar-refractivity contribution is 9.10. The van der Waals surface area contributed by atoms with Crippen molar-refractivity contribution in [3.8, 4) is 22.8 Å². The van der Waals surface area contributed by atoms with Gasteiger partial charge in [-0.05, 0) is 65.3 Å². The fourth-order valence-electron chi connectivity index (χ4n) is 3.59. The van der Waals surface area contributed by atoms with Crippen LogP contribution in [-0.2, 0) is 10.0 Å². The van der Waals surface area contributed by atoms with Crippen molar-refractivity contribution in [3.05, 3.63) is 94.7 Å². The fraction of sp³-hybridized carbons (Fsp3) is 0.0417. The van der Waals surface area contributed by atoms with Gasteiger partial charge in [0.05, 0.1) is 20.6 Å². The molecule has 3 aromatic carbocycles.